The van der Waals surface area contributed by atoms with Crippen LogP contribution in [0, 0.1) is 0 Å². The molecule has 1 aromatic heterocycles. The van der Waals surface area contributed by atoms with Crippen molar-refractivity contribution in [3.8, 4) is 22.3 Å². The molecule has 0 atom stereocenters. The second kappa shape index (κ2) is 11.0. The summed E-state index contributed by atoms with van der Waals surface area (Å²) in [5.74, 6) is 0. The molecule has 216 valence electrons. The summed E-state index contributed by atoms with van der Waals surface area (Å²) in [5.41, 5.74) is 8.30. The molecule has 0 bridgehead atoms. The molecule has 0 amide bonds. The Hall–Kier alpha value is -5.70. The molecule has 0 unspecified atom stereocenters. The van der Waals surface area contributed by atoms with Crippen LogP contribution in [-0.4, -0.2) is 0 Å². The maximum Gasteiger partial charge on any atom is 0.0476 e. The van der Waals surface area contributed by atoms with Crippen molar-refractivity contribution >= 4 is 70.1 Å². The summed E-state index contributed by atoms with van der Waals surface area (Å²) >= 11 is 1.89. The molecule has 1 heterocycles. The molecule has 0 saturated carbocycles. The predicted octanol–water partition coefficient (Wildman–Crippen LogP) is 13.2. The van der Waals surface area contributed by atoms with Crippen LogP contribution in [0.5, 0.6) is 0 Å². The van der Waals surface area contributed by atoms with Crippen molar-refractivity contribution in [1.29, 1.82) is 0 Å². The number of benzene rings is 8. The molecule has 0 spiro atoms. The van der Waals surface area contributed by atoms with Gasteiger partial charge in [0.15, 0.2) is 0 Å². The normalized spacial score (nSPS) is 11.5. The smallest absolute Gasteiger partial charge is 0.0476 e. The largest absolute Gasteiger partial charge is 0.310 e. The number of nitrogens with zero attached hydrogens (tertiary/aromatic N) is 1. The van der Waals surface area contributed by atoms with Gasteiger partial charge in [-0.25, -0.2) is 0 Å². The Morgan fingerprint density at radius 2 is 0.913 bits per heavy atom. The van der Waals surface area contributed by atoms with Crippen LogP contribution in [0.2, 0.25) is 0 Å². The number of rotatable bonds is 5. The molecule has 0 radical (unpaired) electrons. The Balaban J connectivity index is 1.18. The third kappa shape index (κ3) is 4.54. The lowest BCUT2D eigenvalue weighted by Gasteiger charge is -2.26. The van der Waals surface area contributed by atoms with Crippen LogP contribution in [-0.2, 0) is 0 Å². The summed E-state index contributed by atoms with van der Waals surface area (Å²) in [4.78, 5) is 2.38. The number of anilines is 3. The quantitative estimate of drug-likeness (QED) is 0.189. The van der Waals surface area contributed by atoms with E-state index in [2.05, 4.69) is 181 Å². The molecule has 9 aromatic rings. The molecule has 0 N–H and O–H groups in total. The van der Waals surface area contributed by atoms with E-state index < -0.39 is 0 Å². The molecule has 8 aromatic carbocycles. The highest BCUT2D eigenvalue weighted by molar-refractivity contribution is 7.26. The van der Waals surface area contributed by atoms with Crippen molar-refractivity contribution in [3.05, 3.63) is 176 Å². The molecule has 0 aliphatic rings. The van der Waals surface area contributed by atoms with Gasteiger partial charge in [0.1, 0.15) is 0 Å². The lowest BCUT2D eigenvalue weighted by Crippen LogP contribution is -2.09. The Kier molecular flexibility index (Phi) is 6.40. The summed E-state index contributed by atoms with van der Waals surface area (Å²) in [5, 5.41) is 7.76. The lowest BCUT2D eigenvalue weighted by atomic mass is 9.98. The van der Waals surface area contributed by atoms with Crippen LogP contribution in [0.3, 0.4) is 0 Å². The second-order valence-corrected chi connectivity index (χ2v) is 12.8. The van der Waals surface area contributed by atoms with Gasteiger partial charge in [-0.1, -0.05) is 140 Å². The average molecular weight is 604 g/mol. The Bertz CT molecular complexity index is 2500. The van der Waals surface area contributed by atoms with E-state index in [9.17, 15) is 0 Å². The summed E-state index contributed by atoms with van der Waals surface area (Å²) in [6.07, 6.45) is 0. The fourth-order valence-corrected chi connectivity index (χ4v) is 8.05. The maximum absolute atomic E-state index is 2.38. The van der Waals surface area contributed by atoms with Crippen molar-refractivity contribution in [2.24, 2.45) is 0 Å². The standard InChI is InChI=1S/C44H29NS/c1-2-9-30(10-3-1)31-17-22-35(23-18-31)45(36-24-19-34(20-25-36)39-16-8-13-32-11-4-6-14-38(32)39)37-26-28-41-42-27-21-33-12-5-7-15-40(33)44(42)46-43(41)29-37/h1-29H. The van der Waals surface area contributed by atoms with Gasteiger partial charge in [0.2, 0.25) is 0 Å². The highest BCUT2D eigenvalue weighted by Gasteiger charge is 2.16. The molecular weight excluding hydrogens is 575 g/mol. The van der Waals surface area contributed by atoms with E-state index in [1.54, 1.807) is 0 Å². The molecule has 0 fully saturated rings. The fraction of sp³-hybridized carbons (Fsp3) is 0. The molecule has 9 rings (SSSR count). The fourth-order valence-electron chi connectivity index (χ4n) is 6.78. The van der Waals surface area contributed by atoms with E-state index in [0.717, 1.165) is 17.1 Å². The van der Waals surface area contributed by atoms with Gasteiger partial charge in [-0.2, -0.15) is 0 Å². The lowest BCUT2D eigenvalue weighted by molar-refractivity contribution is 1.29. The number of hydrogen-bond donors (Lipinski definition) is 0. The molecule has 1 nitrogen and oxygen atoms in total. The third-order valence-corrected chi connectivity index (χ3v) is 10.3. The van der Waals surface area contributed by atoms with E-state index in [1.807, 2.05) is 11.3 Å². The van der Waals surface area contributed by atoms with Gasteiger partial charge in [0, 0.05) is 37.2 Å². The Labute approximate surface area is 272 Å². The highest BCUT2D eigenvalue weighted by Crippen LogP contribution is 2.43. The topological polar surface area (TPSA) is 3.24 Å². The van der Waals surface area contributed by atoms with E-state index in [-0.39, 0.29) is 0 Å². The van der Waals surface area contributed by atoms with Gasteiger partial charge in [0.05, 0.1) is 0 Å². The van der Waals surface area contributed by atoms with Crippen LogP contribution < -0.4 is 4.90 Å². The van der Waals surface area contributed by atoms with Crippen LogP contribution >= 0.6 is 11.3 Å². The van der Waals surface area contributed by atoms with Crippen LogP contribution in [0.25, 0.3) is 64.0 Å². The van der Waals surface area contributed by atoms with Crippen LogP contribution in [0.4, 0.5) is 17.1 Å². The first-order chi connectivity index (χ1) is 22.8. The zero-order valence-electron chi connectivity index (χ0n) is 25.1. The van der Waals surface area contributed by atoms with E-state index in [1.165, 1.54) is 64.0 Å². The summed E-state index contributed by atoms with van der Waals surface area (Å²) in [7, 11) is 0. The van der Waals surface area contributed by atoms with Gasteiger partial charge >= 0.3 is 0 Å². The first-order valence-corrected chi connectivity index (χ1v) is 16.5. The van der Waals surface area contributed by atoms with Crippen LogP contribution in [0.15, 0.2) is 176 Å². The SMILES string of the molecule is c1ccc(-c2ccc(N(c3ccc(-c4cccc5ccccc45)cc3)c3ccc4c(c3)sc3c5ccccc5ccc43)cc2)cc1. The minimum absolute atomic E-state index is 1.13. The van der Waals surface area contributed by atoms with Crippen molar-refractivity contribution < 1.29 is 0 Å². The molecule has 46 heavy (non-hydrogen) atoms. The van der Waals surface area contributed by atoms with Gasteiger partial charge in [0.25, 0.3) is 0 Å². The number of fused-ring (bicyclic) bond motifs is 6. The molecule has 2 heteroatoms. The van der Waals surface area contributed by atoms with Crippen molar-refractivity contribution in [3.63, 3.8) is 0 Å². The minimum atomic E-state index is 1.13. The molecule has 0 saturated heterocycles. The van der Waals surface area contributed by atoms with Gasteiger partial charge in [-0.05, 0) is 80.2 Å². The number of hydrogen-bond acceptors (Lipinski definition) is 2. The Morgan fingerprint density at radius 3 is 1.67 bits per heavy atom. The van der Waals surface area contributed by atoms with Gasteiger partial charge in [-0.15, -0.1) is 11.3 Å². The molecule has 0 aliphatic heterocycles. The Morgan fingerprint density at radius 1 is 0.348 bits per heavy atom. The van der Waals surface area contributed by atoms with E-state index in [4.69, 9.17) is 0 Å². The molecule has 0 aliphatic carbocycles. The number of thiophene rings is 1. The molecular formula is C44H29NS. The van der Waals surface area contributed by atoms with Gasteiger partial charge < -0.3 is 4.90 Å². The summed E-state index contributed by atoms with van der Waals surface area (Å²) in [6.45, 7) is 0. The first-order valence-electron chi connectivity index (χ1n) is 15.7. The van der Waals surface area contributed by atoms with Crippen molar-refractivity contribution in [2.75, 3.05) is 4.90 Å². The monoisotopic (exact) mass is 603 g/mol. The van der Waals surface area contributed by atoms with Crippen LogP contribution in [0.1, 0.15) is 0 Å². The predicted molar refractivity (Wildman–Crippen MR) is 200 cm³/mol. The summed E-state index contributed by atoms with van der Waals surface area (Å²) in [6, 6.07) is 63.9. The first kappa shape index (κ1) is 26.7. The van der Waals surface area contributed by atoms with Gasteiger partial charge in [-0.3, -0.25) is 0 Å². The zero-order valence-corrected chi connectivity index (χ0v) is 25.9. The second-order valence-electron chi connectivity index (χ2n) is 11.8. The zero-order chi connectivity index (χ0) is 30.5. The minimum Gasteiger partial charge on any atom is -0.310 e. The maximum atomic E-state index is 2.38. The summed E-state index contributed by atoms with van der Waals surface area (Å²) < 4.78 is 2.64. The third-order valence-electron chi connectivity index (χ3n) is 9.06. The van der Waals surface area contributed by atoms with Crippen molar-refractivity contribution in [1.82, 2.24) is 0 Å². The van der Waals surface area contributed by atoms with Crippen molar-refractivity contribution in [2.45, 2.75) is 0 Å². The van der Waals surface area contributed by atoms with E-state index >= 15 is 0 Å². The average Bonchev–Trinajstić information content (AvgIpc) is 3.51. The van der Waals surface area contributed by atoms with E-state index in [0.29, 0.717) is 0 Å². The highest BCUT2D eigenvalue weighted by atomic mass is 32.1.